The Labute approximate surface area is 221 Å². The fourth-order valence-corrected chi connectivity index (χ4v) is 5.19. The highest BCUT2D eigenvalue weighted by Crippen LogP contribution is 2.33. The minimum atomic E-state index is -0.496. The maximum atomic E-state index is 12.6. The Hall–Kier alpha value is -2.81. The zero-order valence-corrected chi connectivity index (χ0v) is 22.4. The molecule has 1 N–H and O–H groups in total. The van der Waals surface area contributed by atoms with Crippen molar-refractivity contribution in [1.29, 1.82) is 0 Å². The first-order valence-electron chi connectivity index (χ1n) is 10.2. The average Bonchev–Trinajstić information content (AvgIpc) is 2.83. The van der Waals surface area contributed by atoms with Crippen LogP contribution < -0.4 is 10.2 Å². The van der Waals surface area contributed by atoms with Gasteiger partial charge in [-0.1, -0.05) is 80.4 Å². The maximum absolute atomic E-state index is 12.6. The monoisotopic (exact) mass is 642 g/mol. The van der Waals surface area contributed by atoms with Crippen LogP contribution in [0.4, 0.5) is 0 Å². The zero-order valence-electron chi connectivity index (χ0n) is 17.6. The molecule has 0 heterocycles. The van der Waals surface area contributed by atoms with Crippen LogP contribution in [0.5, 0.6) is 5.75 Å². The van der Waals surface area contributed by atoms with Crippen molar-refractivity contribution >= 4 is 76.7 Å². The van der Waals surface area contributed by atoms with E-state index in [9.17, 15) is 9.59 Å². The Morgan fingerprint density at radius 2 is 1.56 bits per heavy atom. The SMILES string of the molecule is O=C(Cc1ccc(Br)c2ccccc12)N/N=C\c1cc(Br)cc(Br)c1OC(=O)c1ccccc1. The maximum Gasteiger partial charge on any atom is 0.343 e. The molecule has 5 nitrogen and oxygen atoms in total. The van der Waals surface area contributed by atoms with Crippen LogP contribution in [0, 0.1) is 0 Å². The summed E-state index contributed by atoms with van der Waals surface area (Å²) < 4.78 is 7.92. The summed E-state index contributed by atoms with van der Waals surface area (Å²) in [6.07, 6.45) is 1.61. The van der Waals surface area contributed by atoms with Crippen LogP contribution in [0.25, 0.3) is 10.8 Å². The summed E-state index contributed by atoms with van der Waals surface area (Å²) in [4.78, 5) is 25.1. The minimum absolute atomic E-state index is 0.170. The number of ether oxygens (including phenoxy) is 1. The second-order valence-electron chi connectivity index (χ2n) is 7.28. The van der Waals surface area contributed by atoms with E-state index in [0.717, 1.165) is 25.3 Å². The predicted molar refractivity (Wildman–Crippen MR) is 144 cm³/mol. The molecule has 4 aromatic rings. The van der Waals surface area contributed by atoms with Crippen LogP contribution in [-0.4, -0.2) is 18.1 Å². The zero-order chi connectivity index (χ0) is 24.1. The lowest BCUT2D eigenvalue weighted by molar-refractivity contribution is -0.120. The molecule has 1 amide bonds. The topological polar surface area (TPSA) is 67.8 Å². The quantitative estimate of drug-likeness (QED) is 0.106. The van der Waals surface area contributed by atoms with Crippen molar-refractivity contribution in [2.45, 2.75) is 6.42 Å². The summed E-state index contributed by atoms with van der Waals surface area (Å²) in [6.45, 7) is 0. The molecule has 8 heteroatoms. The molecule has 0 saturated carbocycles. The van der Waals surface area contributed by atoms with Crippen molar-refractivity contribution in [1.82, 2.24) is 5.43 Å². The number of carbonyl (C=O) groups excluding carboxylic acids is 2. The van der Waals surface area contributed by atoms with Gasteiger partial charge in [0.1, 0.15) is 0 Å². The molecule has 34 heavy (non-hydrogen) atoms. The van der Waals surface area contributed by atoms with Crippen LogP contribution in [0.2, 0.25) is 0 Å². The molecule has 0 spiro atoms. The molecule has 0 bridgehead atoms. The van der Waals surface area contributed by atoms with Gasteiger partial charge in [-0.3, -0.25) is 4.79 Å². The summed E-state index contributed by atoms with van der Waals surface area (Å²) in [6, 6.07) is 24.0. The number of fused-ring (bicyclic) bond motifs is 1. The molecule has 4 aromatic carbocycles. The largest absolute Gasteiger partial charge is 0.421 e. The number of hydrogen-bond acceptors (Lipinski definition) is 4. The Kier molecular flexibility index (Phi) is 7.92. The molecule has 0 aromatic heterocycles. The van der Waals surface area contributed by atoms with Gasteiger partial charge in [-0.15, -0.1) is 0 Å². The average molecular weight is 645 g/mol. The number of rotatable bonds is 6. The Balaban J connectivity index is 1.50. The summed E-state index contributed by atoms with van der Waals surface area (Å²) in [5, 5.41) is 6.14. The number of nitrogens with one attached hydrogen (secondary N) is 1. The van der Waals surface area contributed by atoms with Crippen molar-refractivity contribution < 1.29 is 14.3 Å². The smallest absolute Gasteiger partial charge is 0.343 e. The number of hydrazone groups is 1. The fraction of sp³-hybridized carbons (Fsp3) is 0.0385. The molecule has 0 aliphatic carbocycles. The van der Waals surface area contributed by atoms with Crippen LogP contribution >= 0.6 is 47.8 Å². The first-order chi connectivity index (χ1) is 16.4. The van der Waals surface area contributed by atoms with Gasteiger partial charge in [0.15, 0.2) is 5.75 Å². The molecule has 4 rings (SSSR count). The Bertz CT molecular complexity index is 1410. The van der Waals surface area contributed by atoms with E-state index in [0.29, 0.717) is 21.3 Å². The highest BCUT2D eigenvalue weighted by Gasteiger charge is 2.15. The molecule has 0 atom stereocenters. The number of nitrogens with zero attached hydrogens (tertiary/aromatic N) is 1. The minimum Gasteiger partial charge on any atom is -0.421 e. The number of amides is 1. The molecule has 0 fully saturated rings. The van der Waals surface area contributed by atoms with Crippen molar-refractivity contribution in [3.63, 3.8) is 0 Å². The van der Waals surface area contributed by atoms with Gasteiger partial charge in [-0.05, 0) is 62.6 Å². The van der Waals surface area contributed by atoms with Crippen molar-refractivity contribution in [2.24, 2.45) is 5.10 Å². The first-order valence-corrected chi connectivity index (χ1v) is 12.5. The third-order valence-electron chi connectivity index (χ3n) is 4.95. The summed E-state index contributed by atoms with van der Waals surface area (Å²) in [7, 11) is 0. The van der Waals surface area contributed by atoms with Crippen molar-refractivity contribution in [3.05, 3.63) is 109 Å². The van der Waals surface area contributed by atoms with Crippen molar-refractivity contribution in [3.8, 4) is 5.75 Å². The second-order valence-corrected chi connectivity index (χ2v) is 9.91. The van der Waals surface area contributed by atoms with E-state index in [-0.39, 0.29) is 12.3 Å². The molecule has 0 unspecified atom stereocenters. The second kappa shape index (κ2) is 11.1. The van der Waals surface area contributed by atoms with Gasteiger partial charge in [0.25, 0.3) is 0 Å². The highest BCUT2D eigenvalue weighted by molar-refractivity contribution is 9.11. The fourth-order valence-electron chi connectivity index (χ4n) is 3.37. The Morgan fingerprint density at radius 1 is 0.853 bits per heavy atom. The van der Waals surface area contributed by atoms with Gasteiger partial charge >= 0.3 is 5.97 Å². The summed E-state index contributed by atoms with van der Waals surface area (Å²) in [5.41, 5.74) is 4.40. The van der Waals surface area contributed by atoms with Gasteiger partial charge in [-0.25, -0.2) is 10.2 Å². The molecule has 170 valence electrons. The van der Waals surface area contributed by atoms with E-state index in [1.165, 1.54) is 6.21 Å². The third-order valence-corrected chi connectivity index (χ3v) is 6.68. The summed E-state index contributed by atoms with van der Waals surface area (Å²) in [5.74, 6) is -0.459. The number of benzene rings is 4. The normalized spacial score (nSPS) is 11.0. The number of halogens is 3. The van der Waals surface area contributed by atoms with E-state index >= 15 is 0 Å². The number of hydrogen-bond donors (Lipinski definition) is 1. The number of carbonyl (C=O) groups is 2. The van der Waals surface area contributed by atoms with Crippen LogP contribution in [0.3, 0.4) is 0 Å². The van der Waals surface area contributed by atoms with Crippen LogP contribution in [0.1, 0.15) is 21.5 Å². The van der Waals surface area contributed by atoms with Crippen molar-refractivity contribution in [2.75, 3.05) is 0 Å². The highest BCUT2D eigenvalue weighted by atomic mass is 79.9. The number of esters is 1. The molecule has 0 aliphatic rings. The molecule has 0 radical (unpaired) electrons. The molecular formula is C26H17Br3N2O3. The van der Waals surface area contributed by atoms with E-state index in [4.69, 9.17) is 4.74 Å². The van der Waals surface area contributed by atoms with Gasteiger partial charge in [0, 0.05) is 14.5 Å². The van der Waals surface area contributed by atoms with Gasteiger partial charge < -0.3 is 4.74 Å². The van der Waals surface area contributed by atoms with Crippen LogP contribution in [-0.2, 0) is 11.2 Å². The van der Waals surface area contributed by atoms with E-state index in [1.807, 2.05) is 42.5 Å². The van der Waals surface area contributed by atoms with E-state index < -0.39 is 5.97 Å². The Morgan fingerprint density at radius 3 is 2.32 bits per heavy atom. The van der Waals surface area contributed by atoms with Gasteiger partial charge in [-0.2, -0.15) is 5.10 Å². The lowest BCUT2D eigenvalue weighted by atomic mass is 10.0. The molecular weight excluding hydrogens is 628 g/mol. The first kappa shape index (κ1) is 24.3. The van der Waals surface area contributed by atoms with Gasteiger partial charge in [0.2, 0.25) is 5.91 Å². The predicted octanol–water partition coefficient (Wildman–Crippen LogP) is 7.04. The lowest BCUT2D eigenvalue weighted by Gasteiger charge is -2.11. The van der Waals surface area contributed by atoms with E-state index in [2.05, 4.69) is 58.3 Å². The molecule has 0 aliphatic heterocycles. The van der Waals surface area contributed by atoms with E-state index in [1.54, 1.807) is 36.4 Å². The van der Waals surface area contributed by atoms with Gasteiger partial charge in [0.05, 0.1) is 22.7 Å². The van der Waals surface area contributed by atoms with Crippen LogP contribution in [0.15, 0.2) is 97.4 Å². The lowest BCUT2D eigenvalue weighted by Crippen LogP contribution is -2.20. The summed E-state index contributed by atoms with van der Waals surface area (Å²) >= 11 is 10.4. The standard InChI is InChI=1S/C26H17Br3N2O3/c27-19-12-18(25(23(29)14-19)34-26(33)16-6-2-1-3-7-16)15-30-31-24(32)13-17-10-11-22(28)21-9-5-4-8-20(17)21/h1-12,14-15H,13H2,(H,31,32)/b30-15-. The third kappa shape index (κ3) is 5.81. The molecule has 0 saturated heterocycles.